The summed E-state index contributed by atoms with van der Waals surface area (Å²) < 4.78 is 0. The van der Waals surface area contributed by atoms with Gasteiger partial charge in [0.05, 0.1) is 10.8 Å². The summed E-state index contributed by atoms with van der Waals surface area (Å²) in [5, 5.41) is 19.5. The first kappa shape index (κ1) is 14.2. The molecule has 1 saturated carbocycles. The molecule has 0 bridgehead atoms. The SMILES string of the molecule is O=C(O)C1CCC(C(=O)c2ccc([N+](=O)[O-])cc2)CC1. The molecule has 0 aromatic heterocycles. The van der Waals surface area contributed by atoms with Crippen LogP contribution in [0.15, 0.2) is 24.3 Å². The summed E-state index contributed by atoms with van der Waals surface area (Å²) in [6.07, 6.45) is 2.15. The van der Waals surface area contributed by atoms with Crippen molar-refractivity contribution in [3.8, 4) is 0 Å². The van der Waals surface area contributed by atoms with Crippen molar-refractivity contribution in [3.63, 3.8) is 0 Å². The highest BCUT2D eigenvalue weighted by atomic mass is 16.6. The number of nitro benzene ring substituents is 1. The third-order valence-electron chi connectivity index (χ3n) is 3.81. The van der Waals surface area contributed by atoms with E-state index in [9.17, 15) is 19.7 Å². The molecule has 0 atom stereocenters. The maximum absolute atomic E-state index is 12.2. The molecule has 0 aliphatic heterocycles. The Hall–Kier alpha value is -2.24. The van der Waals surface area contributed by atoms with Crippen LogP contribution >= 0.6 is 0 Å². The largest absolute Gasteiger partial charge is 0.481 e. The molecule has 1 aliphatic carbocycles. The Kier molecular flexibility index (Phi) is 4.12. The van der Waals surface area contributed by atoms with Gasteiger partial charge in [-0.25, -0.2) is 0 Å². The summed E-state index contributed by atoms with van der Waals surface area (Å²) in [6, 6.07) is 5.56. The van der Waals surface area contributed by atoms with Crippen molar-refractivity contribution in [3.05, 3.63) is 39.9 Å². The highest BCUT2D eigenvalue weighted by Crippen LogP contribution is 2.31. The molecule has 0 spiro atoms. The molecule has 20 heavy (non-hydrogen) atoms. The standard InChI is InChI=1S/C14H15NO5/c16-13(9-1-3-11(4-2-9)14(17)18)10-5-7-12(8-6-10)15(19)20/h5-9,11H,1-4H2,(H,17,18). The normalized spacial score (nSPS) is 22.2. The number of carbonyl (C=O) groups is 2. The van der Waals surface area contributed by atoms with Crippen LogP contribution in [0.1, 0.15) is 36.0 Å². The number of Topliss-reactive ketones (excluding diaryl/α,β-unsaturated/α-hetero) is 1. The summed E-state index contributed by atoms with van der Waals surface area (Å²) in [6.45, 7) is 0. The number of aliphatic carboxylic acids is 1. The van der Waals surface area contributed by atoms with Crippen LogP contribution in [-0.4, -0.2) is 21.8 Å². The zero-order valence-electron chi connectivity index (χ0n) is 10.8. The highest BCUT2D eigenvalue weighted by Gasteiger charge is 2.30. The quantitative estimate of drug-likeness (QED) is 0.518. The Bertz CT molecular complexity index is 529. The smallest absolute Gasteiger partial charge is 0.306 e. The Morgan fingerprint density at radius 1 is 1.05 bits per heavy atom. The minimum absolute atomic E-state index is 0.0452. The molecule has 0 unspecified atom stereocenters. The van der Waals surface area contributed by atoms with Crippen molar-refractivity contribution < 1.29 is 19.6 Å². The molecule has 106 valence electrons. The molecule has 1 aliphatic rings. The van der Waals surface area contributed by atoms with E-state index in [1.165, 1.54) is 24.3 Å². The average molecular weight is 277 g/mol. The van der Waals surface area contributed by atoms with E-state index in [2.05, 4.69) is 0 Å². The maximum Gasteiger partial charge on any atom is 0.306 e. The Labute approximate surface area is 115 Å². The molecule has 0 radical (unpaired) electrons. The lowest BCUT2D eigenvalue weighted by atomic mass is 9.78. The van der Waals surface area contributed by atoms with Gasteiger partial charge in [0.15, 0.2) is 5.78 Å². The molecule has 0 saturated heterocycles. The summed E-state index contributed by atoms with van der Waals surface area (Å²) >= 11 is 0. The lowest BCUT2D eigenvalue weighted by molar-refractivity contribution is -0.384. The van der Waals surface area contributed by atoms with Gasteiger partial charge in [0, 0.05) is 23.6 Å². The van der Waals surface area contributed by atoms with E-state index in [1.54, 1.807) is 0 Å². The number of non-ortho nitro benzene ring substituents is 1. The summed E-state index contributed by atoms with van der Waals surface area (Å²) in [5.41, 5.74) is 0.408. The van der Waals surface area contributed by atoms with Gasteiger partial charge in [-0.1, -0.05) is 0 Å². The fourth-order valence-electron chi connectivity index (χ4n) is 2.59. The molecule has 6 nitrogen and oxygen atoms in total. The van der Waals surface area contributed by atoms with Crippen LogP contribution in [0, 0.1) is 22.0 Å². The number of carbonyl (C=O) groups excluding carboxylic acids is 1. The lowest BCUT2D eigenvalue weighted by Gasteiger charge is -2.24. The Morgan fingerprint density at radius 2 is 1.55 bits per heavy atom. The zero-order valence-corrected chi connectivity index (χ0v) is 10.8. The molecule has 1 N–H and O–H groups in total. The van der Waals surface area contributed by atoms with Gasteiger partial charge in [0.2, 0.25) is 0 Å². The average Bonchev–Trinajstić information content (AvgIpc) is 2.46. The van der Waals surface area contributed by atoms with Crippen molar-refractivity contribution in [1.29, 1.82) is 0 Å². The minimum atomic E-state index is -0.800. The molecule has 0 heterocycles. The Balaban J connectivity index is 2.01. The van der Waals surface area contributed by atoms with Gasteiger partial charge in [0.1, 0.15) is 0 Å². The van der Waals surface area contributed by atoms with Crippen molar-refractivity contribution in [1.82, 2.24) is 0 Å². The number of benzene rings is 1. The number of carboxylic acid groups (broad SMARTS) is 1. The zero-order chi connectivity index (χ0) is 14.7. The summed E-state index contributed by atoms with van der Waals surface area (Å²) in [4.78, 5) is 33.1. The van der Waals surface area contributed by atoms with E-state index in [1.807, 2.05) is 0 Å². The number of hydrogen-bond donors (Lipinski definition) is 1. The molecular formula is C14H15NO5. The van der Waals surface area contributed by atoms with Crippen molar-refractivity contribution in [2.45, 2.75) is 25.7 Å². The maximum atomic E-state index is 12.2. The predicted octanol–water partition coefficient (Wildman–Crippen LogP) is 2.67. The van der Waals surface area contributed by atoms with Gasteiger partial charge < -0.3 is 5.11 Å². The van der Waals surface area contributed by atoms with E-state index in [4.69, 9.17) is 5.11 Å². The second kappa shape index (κ2) is 5.81. The highest BCUT2D eigenvalue weighted by molar-refractivity contribution is 5.98. The number of ketones is 1. The molecule has 2 rings (SSSR count). The first-order valence-corrected chi connectivity index (χ1v) is 6.50. The van der Waals surface area contributed by atoms with E-state index in [0.717, 1.165) is 0 Å². The second-order valence-corrected chi connectivity index (χ2v) is 5.06. The fourth-order valence-corrected chi connectivity index (χ4v) is 2.59. The van der Waals surface area contributed by atoms with Crippen LogP contribution in [0.25, 0.3) is 0 Å². The van der Waals surface area contributed by atoms with Gasteiger partial charge >= 0.3 is 5.97 Å². The number of nitrogens with zero attached hydrogens (tertiary/aromatic N) is 1. The second-order valence-electron chi connectivity index (χ2n) is 5.06. The van der Waals surface area contributed by atoms with E-state index < -0.39 is 10.9 Å². The minimum Gasteiger partial charge on any atom is -0.481 e. The van der Waals surface area contributed by atoms with Gasteiger partial charge in [-0.3, -0.25) is 19.7 Å². The van der Waals surface area contributed by atoms with Crippen LogP contribution in [0.5, 0.6) is 0 Å². The summed E-state index contributed by atoms with van der Waals surface area (Å²) in [7, 11) is 0. The van der Waals surface area contributed by atoms with E-state index >= 15 is 0 Å². The van der Waals surface area contributed by atoms with Crippen LogP contribution in [0.3, 0.4) is 0 Å². The third kappa shape index (κ3) is 3.01. The topological polar surface area (TPSA) is 97.5 Å². The molecule has 1 aromatic rings. The fraction of sp³-hybridized carbons (Fsp3) is 0.429. The van der Waals surface area contributed by atoms with Crippen LogP contribution < -0.4 is 0 Å². The molecule has 1 aromatic carbocycles. The van der Waals surface area contributed by atoms with Gasteiger partial charge in [-0.15, -0.1) is 0 Å². The molecule has 1 fully saturated rings. The first-order chi connectivity index (χ1) is 9.49. The number of carboxylic acids is 1. The van der Waals surface area contributed by atoms with E-state index in [0.29, 0.717) is 31.2 Å². The molecule has 0 amide bonds. The van der Waals surface area contributed by atoms with Gasteiger partial charge in [-0.05, 0) is 37.8 Å². The van der Waals surface area contributed by atoms with Crippen molar-refractivity contribution >= 4 is 17.4 Å². The first-order valence-electron chi connectivity index (χ1n) is 6.50. The molecular weight excluding hydrogens is 262 g/mol. The van der Waals surface area contributed by atoms with Gasteiger partial charge in [-0.2, -0.15) is 0 Å². The monoisotopic (exact) mass is 277 g/mol. The number of hydrogen-bond acceptors (Lipinski definition) is 4. The number of nitro groups is 1. The number of rotatable bonds is 4. The summed E-state index contributed by atoms with van der Waals surface area (Å²) in [5.74, 6) is -1.38. The third-order valence-corrected chi connectivity index (χ3v) is 3.81. The van der Waals surface area contributed by atoms with Crippen molar-refractivity contribution in [2.75, 3.05) is 0 Å². The van der Waals surface area contributed by atoms with Gasteiger partial charge in [0.25, 0.3) is 5.69 Å². The molecule has 6 heteroatoms. The van der Waals surface area contributed by atoms with Crippen molar-refractivity contribution in [2.24, 2.45) is 11.8 Å². The lowest BCUT2D eigenvalue weighted by Crippen LogP contribution is -2.25. The van der Waals surface area contributed by atoms with Crippen LogP contribution in [0.4, 0.5) is 5.69 Å². The predicted molar refractivity (Wildman–Crippen MR) is 70.5 cm³/mol. The Morgan fingerprint density at radius 3 is 2.00 bits per heavy atom. The van der Waals surface area contributed by atoms with E-state index in [-0.39, 0.29) is 23.3 Å². The van der Waals surface area contributed by atoms with Crippen LogP contribution in [-0.2, 0) is 4.79 Å². The van der Waals surface area contributed by atoms with Crippen LogP contribution in [0.2, 0.25) is 0 Å².